The molecule has 0 fully saturated rings. The van der Waals surface area contributed by atoms with E-state index in [1.54, 1.807) is 12.3 Å². The number of aromatic nitrogens is 2. The van der Waals surface area contributed by atoms with Crippen molar-refractivity contribution in [1.82, 2.24) is 9.38 Å². The average Bonchev–Trinajstić information content (AvgIpc) is 2.91. The summed E-state index contributed by atoms with van der Waals surface area (Å²) in [6.45, 7) is 0. The summed E-state index contributed by atoms with van der Waals surface area (Å²) in [5, 5.41) is 0. The normalized spacial score (nSPS) is 10.7. The van der Waals surface area contributed by atoms with Crippen molar-refractivity contribution in [3.63, 3.8) is 0 Å². The van der Waals surface area contributed by atoms with Gasteiger partial charge >= 0.3 is 5.97 Å². The van der Waals surface area contributed by atoms with Crippen molar-refractivity contribution >= 4 is 11.5 Å². The van der Waals surface area contributed by atoms with Crippen LogP contribution < -0.4 is 0 Å². The van der Waals surface area contributed by atoms with E-state index in [-0.39, 0.29) is 5.97 Å². The minimum absolute atomic E-state index is 0.346. The molecule has 20 heavy (non-hydrogen) atoms. The second-order valence-electron chi connectivity index (χ2n) is 4.51. The van der Waals surface area contributed by atoms with Crippen LogP contribution in [0.1, 0.15) is 21.7 Å². The number of fused-ring (bicyclic) bond motifs is 1. The topological polar surface area (TPSA) is 43.6 Å². The molecule has 4 heteroatoms. The van der Waals surface area contributed by atoms with Crippen LogP contribution in [-0.4, -0.2) is 22.5 Å². The number of carbonyl (C=O) groups excluding carboxylic acids is 1. The van der Waals surface area contributed by atoms with Gasteiger partial charge in [-0.25, -0.2) is 9.78 Å². The first-order valence-electron chi connectivity index (χ1n) is 6.37. The van der Waals surface area contributed by atoms with Gasteiger partial charge in [-0.3, -0.25) is 0 Å². The Morgan fingerprint density at radius 2 is 2.00 bits per heavy atom. The maximum Gasteiger partial charge on any atom is 0.340 e. The first-order chi connectivity index (χ1) is 9.79. The maximum atomic E-state index is 11.7. The number of esters is 1. The summed E-state index contributed by atoms with van der Waals surface area (Å²) in [4.78, 5) is 16.2. The van der Waals surface area contributed by atoms with Crippen molar-refractivity contribution in [1.29, 1.82) is 0 Å². The highest BCUT2D eigenvalue weighted by Crippen LogP contribution is 2.16. The van der Waals surface area contributed by atoms with Gasteiger partial charge < -0.3 is 9.14 Å². The molecule has 4 nitrogen and oxygen atoms in total. The van der Waals surface area contributed by atoms with Gasteiger partial charge in [0.25, 0.3) is 0 Å². The smallest absolute Gasteiger partial charge is 0.340 e. The molecular weight excluding hydrogens is 252 g/mol. The van der Waals surface area contributed by atoms with Crippen LogP contribution in [0, 0.1) is 0 Å². The largest absolute Gasteiger partial charge is 0.465 e. The van der Waals surface area contributed by atoms with Crippen LogP contribution in [0.15, 0.2) is 54.9 Å². The highest BCUT2D eigenvalue weighted by Gasteiger charge is 2.13. The highest BCUT2D eigenvalue weighted by atomic mass is 16.5. The zero-order valence-electron chi connectivity index (χ0n) is 11.1. The van der Waals surface area contributed by atoms with E-state index in [4.69, 9.17) is 4.74 Å². The Balaban J connectivity index is 2.04. The lowest BCUT2D eigenvalue weighted by Gasteiger charge is -2.04. The fourth-order valence-electron chi connectivity index (χ4n) is 2.27. The summed E-state index contributed by atoms with van der Waals surface area (Å²) in [5.41, 5.74) is 2.48. The van der Waals surface area contributed by atoms with Crippen LogP contribution >= 0.6 is 0 Å². The molecule has 0 saturated heterocycles. The van der Waals surface area contributed by atoms with Gasteiger partial charge in [0.2, 0.25) is 0 Å². The van der Waals surface area contributed by atoms with Crippen molar-refractivity contribution in [3.8, 4) is 0 Å². The highest BCUT2D eigenvalue weighted by molar-refractivity contribution is 5.96. The summed E-state index contributed by atoms with van der Waals surface area (Å²) in [6, 6.07) is 13.7. The monoisotopic (exact) mass is 266 g/mol. The van der Waals surface area contributed by atoms with E-state index in [2.05, 4.69) is 17.1 Å². The van der Waals surface area contributed by atoms with Gasteiger partial charge in [-0.1, -0.05) is 30.3 Å². The summed E-state index contributed by atoms with van der Waals surface area (Å²) in [7, 11) is 1.38. The Kier molecular flexibility index (Phi) is 3.21. The second-order valence-corrected chi connectivity index (χ2v) is 4.51. The molecule has 3 aromatic rings. The van der Waals surface area contributed by atoms with Crippen LogP contribution in [0.4, 0.5) is 0 Å². The van der Waals surface area contributed by atoms with Gasteiger partial charge in [0, 0.05) is 12.6 Å². The molecule has 2 aromatic heterocycles. The van der Waals surface area contributed by atoms with Crippen molar-refractivity contribution < 1.29 is 9.53 Å². The first-order valence-corrected chi connectivity index (χ1v) is 6.37. The molecule has 2 heterocycles. The lowest BCUT2D eigenvalue weighted by atomic mass is 10.1. The lowest BCUT2D eigenvalue weighted by Crippen LogP contribution is -2.04. The molecule has 0 aliphatic carbocycles. The van der Waals surface area contributed by atoms with E-state index in [0.717, 1.165) is 17.8 Å². The molecule has 0 radical (unpaired) electrons. The predicted octanol–water partition coefficient (Wildman–Crippen LogP) is 2.71. The summed E-state index contributed by atoms with van der Waals surface area (Å²) >= 11 is 0. The SMILES string of the molecule is COC(=O)c1cccn2c(Cc3ccccc3)ncc12. The molecule has 100 valence electrons. The summed E-state index contributed by atoms with van der Waals surface area (Å²) < 4.78 is 6.72. The molecule has 0 unspecified atom stereocenters. The van der Waals surface area contributed by atoms with Gasteiger partial charge in [-0.05, 0) is 17.7 Å². The number of imidazole rings is 1. The van der Waals surface area contributed by atoms with E-state index in [1.165, 1.54) is 12.7 Å². The molecule has 0 bridgehead atoms. The Hall–Kier alpha value is -2.62. The van der Waals surface area contributed by atoms with Gasteiger partial charge in [-0.15, -0.1) is 0 Å². The van der Waals surface area contributed by atoms with Crippen molar-refractivity contribution in [3.05, 3.63) is 71.8 Å². The number of ether oxygens (including phenoxy) is 1. The minimum Gasteiger partial charge on any atom is -0.465 e. The molecule has 0 saturated carbocycles. The standard InChI is InChI=1S/C16H14N2O2/c1-20-16(19)13-8-5-9-18-14(13)11-17-15(18)10-12-6-3-2-4-7-12/h2-9,11H,10H2,1H3. The van der Waals surface area contributed by atoms with Gasteiger partial charge in [-0.2, -0.15) is 0 Å². The van der Waals surface area contributed by atoms with Gasteiger partial charge in [0.15, 0.2) is 0 Å². The summed E-state index contributed by atoms with van der Waals surface area (Å²) in [5.74, 6) is 0.554. The molecule has 0 amide bonds. The van der Waals surface area contributed by atoms with E-state index < -0.39 is 0 Å². The maximum absolute atomic E-state index is 11.7. The minimum atomic E-state index is -0.346. The number of benzene rings is 1. The first kappa shape index (κ1) is 12.4. The predicted molar refractivity (Wildman–Crippen MR) is 75.8 cm³/mol. The number of nitrogens with zero attached hydrogens (tertiary/aromatic N) is 2. The molecule has 0 aliphatic heterocycles. The lowest BCUT2D eigenvalue weighted by molar-refractivity contribution is 0.0602. The molecule has 3 rings (SSSR count). The van der Waals surface area contributed by atoms with Gasteiger partial charge in [0.05, 0.1) is 24.4 Å². The number of hydrogen-bond donors (Lipinski definition) is 0. The zero-order valence-corrected chi connectivity index (χ0v) is 11.1. The molecule has 0 spiro atoms. The average molecular weight is 266 g/mol. The van der Waals surface area contributed by atoms with Crippen LogP contribution in [0.5, 0.6) is 0 Å². The third-order valence-electron chi connectivity index (χ3n) is 3.26. The number of hydrogen-bond acceptors (Lipinski definition) is 3. The second kappa shape index (κ2) is 5.17. The van der Waals surface area contributed by atoms with Gasteiger partial charge in [0.1, 0.15) is 5.82 Å². The van der Waals surface area contributed by atoms with Crippen molar-refractivity contribution in [2.24, 2.45) is 0 Å². The van der Waals surface area contributed by atoms with E-state index in [1.807, 2.05) is 34.9 Å². The Morgan fingerprint density at radius 3 is 2.75 bits per heavy atom. The van der Waals surface area contributed by atoms with Crippen LogP contribution in [-0.2, 0) is 11.2 Å². The zero-order chi connectivity index (χ0) is 13.9. The molecule has 0 aliphatic rings. The number of carbonyl (C=O) groups is 1. The molecule has 0 N–H and O–H groups in total. The van der Waals surface area contributed by atoms with Crippen LogP contribution in [0.3, 0.4) is 0 Å². The third kappa shape index (κ3) is 2.16. The van der Waals surface area contributed by atoms with Crippen molar-refractivity contribution in [2.45, 2.75) is 6.42 Å². The quantitative estimate of drug-likeness (QED) is 0.685. The summed E-state index contributed by atoms with van der Waals surface area (Å²) in [6.07, 6.45) is 4.34. The fraction of sp³-hybridized carbons (Fsp3) is 0.125. The third-order valence-corrected chi connectivity index (χ3v) is 3.26. The Morgan fingerprint density at radius 1 is 1.20 bits per heavy atom. The van der Waals surface area contributed by atoms with E-state index >= 15 is 0 Å². The number of methoxy groups -OCH3 is 1. The molecule has 1 aromatic carbocycles. The molecular formula is C16H14N2O2. The fourth-order valence-corrected chi connectivity index (χ4v) is 2.27. The van der Waals surface area contributed by atoms with Crippen LogP contribution in [0.2, 0.25) is 0 Å². The van der Waals surface area contributed by atoms with Crippen molar-refractivity contribution in [2.75, 3.05) is 7.11 Å². The van der Waals surface area contributed by atoms with E-state index in [0.29, 0.717) is 5.56 Å². The Labute approximate surface area is 116 Å². The van der Waals surface area contributed by atoms with E-state index in [9.17, 15) is 4.79 Å². The van der Waals surface area contributed by atoms with Crippen LogP contribution in [0.25, 0.3) is 5.52 Å². The number of pyridine rings is 1. The number of rotatable bonds is 3. The molecule has 0 atom stereocenters. The Bertz CT molecular complexity index is 748.